The van der Waals surface area contributed by atoms with E-state index in [1.54, 1.807) is 6.20 Å². The smallest absolute Gasteiger partial charge is 0.242 e. The second-order valence-corrected chi connectivity index (χ2v) is 5.16. The molecule has 0 saturated heterocycles. The quantitative estimate of drug-likeness (QED) is 0.757. The molecule has 6 nitrogen and oxygen atoms in total. The fourth-order valence-corrected chi connectivity index (χ4v) is 1.96. The summed E-state index contributed by atoms with van der Waals surface area (Å²) in [5.74, 6) is 0.581. The predicted octanol–water partition coefficient (Wildman–Crippen LogP) is 0.0416. The summed E-state index contributed by atoms with van der Waals surface area (Å²) in [6, 6.07) is 0. The van der Waals surface area contributed by atoms with Gasteiger partial charge in [0, 0.05) is 12.1 Å². The van der Waals surface area contributed by atoms with E-state index in [1.807, 2.05) is 0 Å². The van der Waals surface area contributed by atoms with Gasteiger partial charge in [0.05, 0.1) is 11.9 Å². The molecule has 1 aliphatic carbocycles. The molecule has 2 rings (SSSR count). The first-order chi connectivity index (χ1) is 8.01. The van der Waals surface area contributed by atoms with Crippen LogP contribution in [-0.2, 0) is 17.9 Å². The number of nitrogens with two attached hydrogens (primary N) is 1. The van der Waals surface area contributed by atoms with Crippen LogP contribution in [0.25, 0.3) is 0 Å². The van der Waals surface area contributed by atoms with Crippen molar-refractivity contribution in [3.8, 4) is 0 Å². The minimum absolute atomic E-state index is 0.0321. The minimum atomic E-state index is -0.117. The van der Waals surface area contributed by atoms with Crippen molar-refractivity contribution in [1.29, 1.82) is 0 Å². The van der Waals surface area contributed by atoms with Crippen LogP contribution in [0.3, 0.4) is 0 Å². The molecule has 94 valence electrons. The maximum atomic E-state index is 11.8. The van der Waals surface area contributed by atoms with Crippen LogP contribution in [0.1, 0.15) is 32.4 Å². The lowest BCUT2D eigenvalue weighted by atomic mass is 9.99. The largest absolute Gasteiger partial charge is 0.349 e. The second-order valence-electron chi connectivity index (χ2n) is 5.16. The highest BCUT2D eigenvalue weighted by atomic mass is 16.2. The lowest BCUT2D eigenvalue weighted by Gasteiger charge is -2.26. The van der Waals surface area contributed by atoms with Gasteiger partial charge in [-0.1, -0.05) is 5.21 Å². The fraction of sp³-hybridized carbons (Fsp3) is 0.727. The molecule has 0 unspecified atom stereocenters. The van der Waals surface area contributed by atoms with Crippen molar-refractivity contribution >= 4 is 5.91 Å². The maximum absolute atomic E-state index is 11.8. The van der Waals surface area contributed by atoms with Crippen LogP contribution in [0.5, 0.6) is 0 Å². The molecule has 6 heteroatoms. The van der Waals surface area contributed by atoms with Gasteiger partial charge in [0.15, 0.2) is 0 Å². The van der Waals surface area contributed by atoms with Crippen LogP contribution >= 0.6 is 0 Å². The number of nitrogens with one attached hydrogen (secondary N) is 1. The first-order valence-corrected chi connectivity index (χ1v) is 5.91. The molecule has 0 bridgehead atoms. The van der Waals surface area contributed by atoms with Crippen LogP contribution in [0.2, 0.25) is 0 Å². The minimum Gasteiger partial charge on any atom is -0.349 e. The molecule has 0 radical (unpaired) electrons. The van der Waals surface area contributed by atoms with Crippen LogP contribution in [0, 0.1) is 5.92 Å². The van der Waals surface area contributed by atoms with Crippen molar-refractivity contribution < 1.29 is 4.79 Å². The molecule has 1 amide bonds. The molecule has 1 heterocycles. The molecule has 0 atom stereocenters. The van der Waals surface area contributed by atoms with E-state index in [-0.39, 0.29) is 18.0 Å². The van der Waals surface area contributed by atoms with Crippen LogP contribution in [-0.4, -0.2) is 26.4 Å². The summed E-state index contributed by atoms with van der Waals surface area (Å²) in [6.45, 7) is 4.67. The summed E-state index contributed by atoms with van der Waals surface area (Å²) in [7, 11) is 0. The van der Waals surface area contributed by atoms with E-state index in [4.69, 9.17) is 5.73 Å². The van der Waals surface area contributed by atoms with Crippen LogP contribution < -0.4 is 11.1 Å². The Morgan fingerprint density at radius 3 is 2.88 bits per heavy atom. The summed E-state index contributed by atoms with van der Waals surface area (Å²) >= 11 is 0. The molecular formula is C11H19N5O. The highest BCUT2D eigenvalue weighted by molar-refractivity contribution is 5.76. The molecule has 1 aromatic rings. The monoisotopic (exact) mass is 237 g/mol. The normalized spacial score (nSPS) is 15.9. The second kappa shape index (κ2) is 4.44. The zero-order valence-corrected chi connectivity index (χ0v) is 10.3. The molecule has 1 aromatic heterocycles. The number of hydrogen-bond donors (Lipinski definition) is 2. The summed E-state index contributed by atoms with van der Waals surface area (Å²) in [6.07, 6.45) is 4.10. The van der Waals surface area contributed by atoms with Crippen LogP contribution in [0.4, 0.5) is 0 Å². The Kier molecular flexibility index (Phi) is 3.15. The van der Waals surface area contributed by atoms with Gasteiger partial charge in [0.1, 0.15) is 6.54 Å². The summed E-state index contributed by atoms with van der Waals surface area (Å²) < 4.78 is 1.51. The SMILES string of the molecule is CC(C)(NC(=O)Cn1cc(CN)nn1)C1CC1. The molecule has 0 aliphatic heterocycles. The summed E-state index contributed by atoms with van der Waals surface area (Å²) in [5, 5.41) is 10.7. The highest BCUT2D eigenvalue weighted by Crippen LogP contribution is 2.39. The number of nitrogens with zero attached hydrogens (tertiary/aromatic N) is 3. The van der Waals surface area contributed by atoms with Crippen molar-refractivity contribution in [3.63, 3.8) is 0 Å². The first-order valence-electron chi connectivity index (χ1n) is 5.91. The Hall–Kier alpha value is -1.43. The van der Waals surface area contributed by atoms with Gasteiger partial charge >= 0.3 is 0 Å². The fourth-order valence-electron chi connectivity index (χ4n) is 1.96. The van der Waals surface area contributed by atoms with Gasteiger partial charge in [-0.25, -0.2) is 4.68 Å². The number of amides is 1. The van der Waals surface area contributed by atoms with E-state index in [0.29, 0.717) is 18.2 Å². The Labute approximate surface area is 101 Å². The number of rotatable bonds is 5. The number of carbonyl (C=O) groups excluding carboxylic acids is 1. The van der Waals surface area contributed by atoms with Crippen molar-refractivity contribution in [2.24, 2.45) is 11.7 Å². The van der Waals surface area contributed by atoms with E-state index in [2.05, 4.69) is 29.5 Å². The molecule has 17 heavy (non-hydrogen) atoms. The Bertz CT molecular complexity index is 408. The molecule has 1 fully saturated rings. The van der Waals surface area contributed by atoms with Gasteiger partial charge in [-0.05, 0) is 32.6 Å². The van der Waals surface area contributed by atoms with Crippen molar-refractivity contribution in [3.05, 3.63) is 11.9 Å². The van der Waals surface area contributed by atoms with Gasteiger partial charge in [-0.15, -0.1) is 5.10 Å². The Morgan fingerprint density at radius 1 is 1.65 bits per heavy atom. The number of aromatic nitrogens is 3. The van der Waals surface area contributed by atoms with Gasteiger partial charge in [0.25, 0.3) is 0 Å². The third kappa shape index (κ3) is 3.03. The van der Waals surface area contributed by atoms with E-state index in [0.717, 1.165) is 0 Å². The topological polar surface area (TPSA) is 85.8 Å². The Balaban J connectivity index is 1.88. The lowest BCUT2D eigenvalue weighted by Crippen LogP contribution is -2.46. The number of carbonyl (C=O) groups is 1. The predicted molar refractivity (Wildman–Crippen MR) is 62.9 cm³/mol. The average Bonchev–Trinajstić information content (AvgIpc) is 3.01. The molecule has 3 N–H and O–H groups in total. The maximum Gasteiger partial charge on any atom is 0.242 e. The van der Waals surface area contributed by atoms with Crippen molar-refractivity contribution in [1.82, 2.24) is 20.3 Å². The third-order valence-corrected chi connectivity index (χ3v) is 3.16. The van der Waals surface area contributed by atoms with Gasteiger partial charge in [-0.3, -0.25) is 4.79 Å². The third-order valence-electron chi connectivity index (χ3n) is 3.16. The summed E-state index contributed by atoms with van der Waals surface area (Å²) in [4.78, 5) is 11.8. The van der Waals surface area contributed by atoms with E-state index < -0.39 is 0 Å². The molecule has 0 spiro atoms. The Morgan fingerprint density at radius 2 is 2.35 bits per heavy atom. The van der Waals surface area contributed by atoms with Gasteiger partial charge in [-0.2, -0.15) is 0 Å². The van der Waals surface area contributed by atoms with Gasteiger partial charge < -0.3 is 11.1 Å². The number of hydrogen-bond acceptors (Lipinski definition) is 4. The zero-order chi connectivity index (χ0) is 12.5. The van der Waals surface area contributed by atoms with Crippen LogP contribution in [0.15, 0.2) is 6.20 Å². The van der Waals surface area contributed by atoms with Gasteiger partial charge in [0.2, 0.25) is 5.91 Å². The first kappa shape index (κ1) is 12.0. The molecular weight excluding hydrogens is 218 g/mol. The zero-order valence-electron chi connectivity index (χ0n) is 10.3. The highest BCUT2D eigenvalue weighted by Gasteiger charge is 2.38. The molecule has 1 aliphatic rings. The molecule has 0 aromatic carbocycles. The summed E-state index contributed by atoms with van der Waals surface area (Å²) in [5.41, 5.74) is 6.00. The standard InChI is InChI=1S/C11H19N5O/c1-11(2,8-3-4-8)13-10(17)7-16-6-9(5-12)14-15-16/h6,8H,3-5,7,12H2,1-2H3,(H,13,17). The van der Waals surface area contributed by atoms with E-state index >= 15 is 0 Å². The molecule has 1 saturated carbocycles. The van der Waals surface area contributed by atoms with E-state index in [9.17, 15) is 4.79 Å². The van der Waals surface area contributed by atoms with Crippen molar-refractivity contribution in [2.75, 3.05) is 0 Å². The lowest BCUT2D eigenvalue weighted by molar-refractivity contribution is -0.123. The van der Waals surface area contributed by atoms with Crippen molar-refractivity contribution in [2.45, 2.75) is 45.3 Å². The van der Waals surface area contributed by atoms with E-state index in [1.165, 1.54) is 17.5 Å². The average molecular weight is 237 g/mol.